The molecule has 1 aromatic carbocycles. The number of rotatable bonds is 6. The average Bonchev–Trinajstić information content (AvgIpc) is 3.56. The molecule has 3 aliphatic heterocycles. The lowest BCUT2D eigenvalue weighted by Gasteiger charge is -2.36. The van der Waals surface area contributed by atoms with Crippen molar-refractivity contribution < 1.29 is 17.9 Å². The van der Waals surface area contributed by atoms with Crippen LogP contribution in [-0.4, -0.2) is 84.9 Å². The number of aryl methyl sites for hydroxylation is 1. The lowest BCUT2D eigenvalue weighted by atomic mass is 9.76. The van der Waals surface area contributed by atoms with Gasteiger partial charge in [0.1, 0.15) is 6.10 Å². The maximum atomic E-state index is 13.4. The van der Waals surface area contributed by atoms with Gasteiger partial charge in [-0.15, -0.1) is 11.3 Å². The van der Waals surface area contributed by atoms with Crippen molar-refractivity contribution in [3.8, 4) is 0 Å². The third kappa shape index (κ3) is 4.72. The minimum atomic E-state index is -3.83. The van der Waals surface area contributed by atoms with E-state index in [0.717, 1.165) is 39.1 Å². The molecule has 3 fully saturated rings. The van der Waals surface area contributed by atoms with Crippen LogP contribution in [0.15, 0.2) is 40.9 Å². The summed E-state index contributed by atoms with van der Waals surface area (Å²) in [5.74, 6) is -0.175. The molecule has 204 valence electrons. The minimum Gasteiger partial charge on any atom is -0.462 e. The number of hydrogen-bond donors (Lipinski definition) is 0. The van der Waals surface area contributed by atoms with Crippen molar-refractivity contribution in [2.75, 3.05) is 50.7 Å². The molecular formula is C26H32ClN5O4S2. The van der Waals surface area contributed by atoms with Crippen LogP contribution in [-0.2, 0) is 19.6 Å². The van der Waals surface area contributed by atoms with Crippen LogP contribution in [0.1, 0.15) is 31.2 Å². The number of piperazine rings is 1. The molecule has 0 amide bonds. The second-order valence-corrected chi connectivity index (χ2v) is 13.7. The number of hydrogen-bond acceptors (Lipinski definition) is 8. The Hall–Kier alpha value is -2.18. The molecule has 0 aliphatic carbocycles. The van der Waals surface area contributed by atoms with Gasteiger partial charge < -0.3 is 9.64 Å². The number of thiazole rings is 1. The van der Waals surface area contributed by atoms with Crippen LogP contribution < -0.4 is 4.90 Å². The molecule has 1 atom stereocenters. The Balaban J connectivity index is 1.02. The molecule has 0 unspecified atom stereocenters. The van der Waals surface area contributed by atoms with Gasteiger partial charge in [0.25, 0.3) is 10.0 Å². The molecule has 3 saturated heterocycles. The van der Waals surface area contributed by atoms with Gasteiger partial charge in [0.2, 0.25) is 0 Å². The summed E-state index contributed by atoms with van der Waals surface area (Å²) in [7, 11) is -3.83. The maximum absolute atomic E-state index is 13.4. The molecular weight excluding hydrogens is 546 g/mol. The van der Waals surface area contributed by atoms with E-state index >= 15 is 0 Å². The van der Waals surface area contributed by atoms with Gasteiger partial charge in [0.05, 0.1) is 5.41 Å². The first-order valence-corrected chi connectivity index (χ1v) is 15.8. The molecule has 5 heterocycles. The fourth-order valence-corrected chi connectivity index (χ4v) is 8.81. The number of ether oxygens (including phenoxy) is 1. The lowest BCUT2D eigenvalue weighted by molar-refractivity contribution is -0.150. The number of sulfonamides is 1. The average molecular weight is 578 g/mol. The third-order valence-corrected chi connectivity index (χ3v) is 11.4. The summed E-state index contributed by atoms with van der Waals surface area (Å²) in [5, 5.41) is 1.76. The molecule has 0 N–H and O–H groups in total. The number of piperidine rings is 1. The normalized spacial score (nSPS) is 22.9. The number of carbonyl (C=O) groups is 1. The Bertz CT molecular complexity index is 1420. The van der Waals surface area contributed by atoms with Crippen LogP contribution in [0.2, 0.25) is 5.15 Å². The van der Waals surface area contributed by atoms with Gasteiger partial charge in [-0.05, 0) is 38.3 Å². The zero-order chi connectivity index (χ0) is 26.5. The van der Waals surface area contributed by atoms with Crippen LogP contribution in [0.5, 0.6) is 0 Å². The fraction of sp³-hybridized carbons (Fsp3) is 0.538. The number of aromatic nitrogens is 2. The molecule has 6 rings (SSSR count). The van der Waals surface area contributed by atoms with Gasteiger partial charge in [-0.1, -0.05) is 29.3 Å². The number of esters is 1. The van der Waals surface area contributed by atoms with E-state index in [4.69, 9.17) is 16.3 Å². The Morgan fingerprint density at radius 3 is 2.53 bits per heavy atom. The Morgan fingerprint density at radius 2 is 1.82 bits per heavy atom. The van der Waals surface area contributed by atoms with E-state index in [1.165, 1.54) is 31.3 Å². The Kier molecular flexibility index (Phi) is 6.92. The molecule has 9 nitrogen and oxygen atoms in total. The van der Waals surface area contributed by atoms with E-state index in [2.05, 4.69) is 46.0 Å². The van der Waals surface area contributed by atoms with Gasteiger partial charge in [-0.2, -0.15) is 4.31 Å². The van der Waals surface area contributed by atoms with E-state index in [9.17, 15) is 13.2 Å². The summed E-state index contributed by atoms with van der Waals surface area (Å²) in [6.07, 6.45) is 3.93. The van der Waals surface area contributed by atoms with Crippen molar-refractivity contribution in [3.63, 3.8) is 0 Å². The second-order valence-electron chi connectivity index (χ2n) is 10.6. The first-order chi connectivity index (χ1) is 18.2. The second kappa shape index (κ2) is 10.1. The van der Waals surface area contributed by atoms with Crippen LogP contribution in [0.25, 0.3) is 4.96 Å². The number of anilines is 1. The lowest BCUT2D eigenvalue weighted by Crippen LogP contribution is -2.47. The van der Waals surface area contributed by atoms with Crippen LogP contribution in [0.3, 0.4) is 0 Å². The summed E-state index contributed by atoms with van der Waals surface area (Å²) in [4.78, 5) is 22.5. The van der Waals surface area contributed by atoms with Crippen molar-refractivity contribution in [2.45, 2.75) is 43.7 Å². The summed E-state index contributed by atoms with van der Waals surface area (Å²) in [6, 6.07) is 8.68. The molecule has 1 spiro atoms. The number of carbonyl (C=O) groups excluding carboxylic acids is 1. The van der Waals surface area contributed by atoms with Crippen molar-refractivity contribution in [1.82, 2.24) is 18.6 Å². The van der Waals surface area contributed by atoms with Crippen LogP contribution >= 0.6 is 22.9 Å². The highest BCUT2D eigenvalue weighted by Gasteiger charge is 2.51. The molecule has 0 bridgehead atoms. The van der Waals surface area contributed by atoms with Gasteiger partial charge in [-0.3, -0.25) is 14.1 Å². The summed E-state index contributed by atoms with van der Waals surface area (Å²) >= 11 is 7.54. The number of cyclic esters (lactones) is 1. The van der Waals surface area contributed by atoms with E-state index in [-0.39, 0.29) is 35.3 Å². The first kappa shape index (κ1) is 26.1. The number of benzene rings is 1. The Labute approximate surface area is 232 Å². The standard InChI is InChI=1S/C26H32ClN5O4S2/c1-19-2-4-20(5-3-19)30-14-12-29(13-15-30)9-6-21-18-26(24(33)36-21)7-10-31(11-8-26)38(34,35)23-22(27)28-25-32(23)16-17-37-25/h2-5,16-17,21H,6-15,18H2,1H3/t21-/m0/s1. The van der Waals surface area contributed by atoms with Gasteiger partial charge >= 0.3 is 5.97 Å². The van der Waals surface area contributed by atoms with Gasteiger partial charge in [0.15, 0.2) is 15.1 Å². The quantitative estimate of drug-likeness (QED) is 0.413. The van der Waals surface area contributed by atoms with Gasteiger partial charge in [-0.25, -0.2) is 13.4 Å². The molecule has 12 heteroatoms. The van der Waals surface area contributed by atoms with Gasteiger partial charge in [0, 0.05) is 69.5 Å². The predicted octanol–water partition coefficient (Wildman–Crippen LogP) is 3.66. The molecule has 3 aromatic rings. The number of nitrogens with zero attached hydrogens (tertiary/aromatic N) is 5. The van der Waals surface area contributed by atoms with Crippen molar-refractivity contribution >= 4 is 49.6 Å². The summed E-state index contributed by atoms with van der Waals surface area (Å²) in [6.45, 7) is 7.47. The van der Waals surface area contributed by atoms with E-state index < -0.39 is 15.4 Å². The highest BCUT2D eigenvalue weighted by atomic mass is 35.5. The zero-order valence-electron chi connectivity index (χ0n) is 21.4. The predicted molar refractivity (Wildman–Crippen MR) is 147 cm³/mol. The Morgan fingerprint density at radius 1 is 1.11 bits per heavy atom. The van der Waals surface area contributed by atoms with Crippen LogP contribution in [0.4, 0.5) is 5.69 Å². The zero-order valence-corrected chi connectivity index (χ0v) is 23.8. The molecule has 2 aromatic heterocycles. The topological polar surface area (TPSA) is 87.5 Å². The third-order valence-electron chi connectivity index (χ3n) is 8.31. The maximum Gasteiger partial charge on any atom is 0.312 e. The number of imidazole rings is 1. The molecule has 0 radical (unpaired) electrons. The SMILES string of the molecule is Cc1ccc(N2CCN(CC[C@H]3CC4(CCN(S(=O)(=O)c5c(Cl)nc6sccn56)CC4)C(=O)O3)CC2)cc1. The molecule has 38 heavy (non-hydrogen) atoms. The van der Waals surface area contributed by atoms with E-state index in [0.29, 0.717) is 24.2 Å². The summed E-state index contributed by atoms with van der Waals surface area (Å²) in [5.41, 5.74) is 1.94. The van der Waals surface area contributed by atoms with Crippen LogP contribution in [0, 0.1) is 12.3 Å². The largest absolute Gasteiger partial charge is 0.462 e. The summed E-state index contributed by atoms with van der Waals surface area (Å²) < 4.78 is 35.6. The molecule has 0 saturated carbocycles. The number of fused-ring (bicyclic) bond motifs is 1. The molecule has 3 aliphatic rings. The fourth-order valence-electron chi connectivity index (χ4n) is 5.96. The minimum absolute atomic E-state index is 0.000664. The van der Waals surface area contributed by atoms with Crippen molar-refractivity contribution in [3.05, 3.63) is 46.6 Å². The van der Waals surface area contributed by atoms with E-state index in [1.807, 2.05) is 0 Å². The smallest absolute Gasteiger partial charge is 0.312 e. The number of halogens is 1. The first-order valence-electron chi connectivity index (χ1n) is 13.1. The highest BCUT2D eigenvalue weighted by Crippen LogP contribution is 2.45. The monoisotopic (exact) mass is 577 g/mol. The van der Waals surface area contributed by atoms with E-state index in [1.54, 1.807) is 11.6 Å². The van der Waals surface area contributed by atoms with Crippen molar-refractivity contribution in [2.24, 2.45) is 5.41 Å². The highest BCUT2D eigenvalue weighted by molar-refractivity contribution is 7.89. The van der Waals surface area contributed by atoms with Crippen molar-refractivity contribution in [1.29, 1.82) is 0 Å².